The van der Waals surface area contributed by atoms with E-state index in [9.17, 15) is 14.3 Å². The summed E-state index contributed by atoms with van der Waals surface area (Å²) in [5.41, 5.74) is 0.0921. The van der Waals surface area contributed by atoms with Gasteiger partial charge in [0.2, 0.25) is 0 Å². The largest absolute Gasteiger partial charge is 0.388 e. The van der Waals surface area contributed by atoms with Gasteiger partial charge in [0, 0.05) is 25.2 Å². The maximum Gasteiger partial charge on any atom is 0.251 e. The third-order valence-electron chi connectivity index (χ3n) is 4.77. The zero-order valence-corrected chi connectivity index (χ0v) is 12.8. The van der Waals surface area contributed by atoms with Crippen molar-refractivity contribution in [3.63, 3.8) is 0 Å². The van der Waals surface area contributed by atoms with Crippen LogP contribution in [-0.4, -0.2) is 36.2 Å². The van der Waals surface area contributed by atoms with Gasteiger partial charge in [0.25, 0.3) is 5.91 Å². The number of carbonyl (C=O) groups is 1. The number of carbonyl (C=O) groups excluding carboxylic acids is 1. The van der Waals surface area contributed by atoms with Gasteiger partial charge in [0.15, 0.2) is 0 Å². The highest BCUT2D eigenvalue weighted by molar-refractivity contribution is 5.94. The predicted octanol–water partition coefficient (Wildman–Crippen LogP) is 2.46. The lowest BCUT2D eigenvalue weighted by Gasteiger charge is -2.22. The van der Waals surface area contributed by atoms with E-state index in [2.05, 4.69) is 5.32 Å². The van der Waals surface area contributed by atoms with Gasteiger partial charge in [-0.25, -0.2) is 4.39 Å². The molecule has 1 aromatic rings. The Bertz CT molecular complexity index is 550. The van der Waals surface area contributed by atoms with Crippen LogP contribution in [0.5, 0.6) is 0 Å². The van der Waals surface area contributed by atoms with Crippen molar-refractivity contribution in [1.29, 1.82) is 0 Å². The predicted molar refractivity (Wildman–Crippen MR) is 83.6 cm³/mol. The molecular formula is C17H23FN2O2. The van der Waals surface area contributed by atoms with Gasteiger partial charge in [-0.1, -0.05) is 12.8 Å². The average molecular weight is 306 g/mol. The summed E-state index contributed by atoms with van der Waals surface area (Å²) in [6.07, 6.45) is 5.59. The Hall–Kier alpha value is -1.62. The fourth-order valence-electron chi connectivity index (χ4n) is 3.42. The van der Waals surface area contributed by atoms with Gasteiger partial charge in [0.05, 0.1) is 11.3 Å². The number of nitrogens with zero attached hydrogens (tertiary/aromatic N) is 1. The lowest BCUT2D eigenvalue weighted by molar-refractivity contribution is 0.0449. The number of halogens is 1. The Morgan fingerprint density at radius 2 is 1.91 bits per heavy atom. The molecule has 1 saturated carbocycles. The van der Waals surface area contributed by atoms with E-state index in [4.69, 9.17) is 0 Å². The molecule has 1 aromatic carbocycles. The highest BCUT2D eigenvalue weighted by Gasteiger charge is 2.31. The van der Waals surface area contributed by atoms with Gasteiger partial charge in [0.1, 0.15) is 5.82 Å². The zero-order valence-electron chi connectivity index (χ0n) is 12.8. The Kier molecular flexibility index (Phi) is 4.34. The van der Waals surface area contributed by atoms with Crippen LogP contribution in [0, 0.1) is 5.82 Å². The molecule has 1 aliphatic heterocycles. The molecule has 0 aromatic heterocycles. The SMILES string of the molecule is O=C(NCC1(O)CCCC1)c1ccc(N2CCCC2)c(F)c1. The van der Waals surface area contributed by atoms with E-state index in [1.54, 1.807) is 12.1 Å². The molecule has 0 radical (unpaired) electrons. The van der Waals surface area contributed by atoms with Crippen LogP contribution >= 0.6 is 0 Å². The Morgan fingerprint density at radius 3 is 2.55 bits per heavy atom. The summed E-state index contributed by atoms with van der Waals surface area (Å²) in [4.78, 5) is 14.1. The Morgan fingerprint density at radius 1 is 1.23 bits per heavy atom. The first-order valence-corrected chi connectivity index (χ1v) is 8.13. The van der Waals surface area contributed by atoms with Crippen molar-refractivity contribution >= 4 is 11.6 Å². The number of anilines is 1. The van der Waals surface area contributed by atoms with Crippen LogP contribution in [0.2, 0.25) is 0 Å². The molecule has 1 aliphatic carbocycles. The highest BCUT2D eigenvalue weighted by atomic mass is 19.1. The van der Waals surface area contributed by atoms with Crippen LogP contribution in [0.1, 0.15) is 48.9 Å². The topological polar surface area (TPSA) is 52.6 Å². The molecule has 2 aliphatic rings. The van der Waals surface area contributed by atoms with E-state index in [1.807, 2.05) is 4.90 Å². The fourth-order valence-corrected chi connectivity index (χ4v) is 3.42. The third-order valence-corrected chi connectivity index (χ3v) is 4.77. The molecule has 2 N–H and O–H groups in total. The fraction of sp³-hybridized carbons (Fsp3) is 0.588. The number of nitrogens with one attached hydrogen (secondary N) is 1. The molecule has 0 atom stereocenters. The maximum absolute atomic E-state index is 14.2. The Labute approximate surface area is 130 Å². The van der Waals surface area contributed by atoms with E-state index >= 15 is 0 Å². The Balaban J connectivity index is 1.64. The van der Waals surface area contributed by atoms with Gasteiger partial charge >= 0.3 is 0 Å². The minimum absolute atomic E-state index is 0.237. The molecule has 0 spiro atoms. The summed E-state index contributed by atoms with van der Waals surface area (Å²) in [5.74, 6) is -0.679. The van der Waals surface area contributed by atoms with E-state index in [0.29, 0.717) is 11.3 Å². The summed E-state index contributed by atoms with van der Waals surface area (Å²) >= 11 is 0. The van der Waals surface area contributed by atoms with Crippen LogP contribution in [0.15, 0.2) is 18.2 Å². The van der Waals surface area contributed by atoms with Crippen molar-refractivity contribution in [3.05, 3.63) is 29.6 Å². The van der Waals surface area contributed by atoms with Gasteiger partial charge in [-0.3, -0.25) is 4.79 Å². The summed E-state index contributed by atoms with van der Waals surface area (Å²) in [5, 5.41) is 13.0. The summed E-state index contributed by atoms with van der Waals surface area (Å²) in [6, 6.07) is 4.63. The maximum atomic E-state index is 14.2. The second kappa shape index (κ2) is 6.24. The van der Waals surface area contributed by atoms with Crippen molar-refractivity contribution in [2.75, 3.05) is 24.5 Å². The molecule has 22 heavy (non-hydrogen) atoms. The summed E-state index contributed by atoms with van der Waals surface area (Å²) < 4.78 is 14.2. The lowest BCUT2D eigenvalue weighted by Crippen LogP contribution is -2.40. The number of aliphatic hydroxyl groups is 1. The second-order valence-corrected chi connectivity index (χ2v) is 6.47. The van der Waals surface area contributed by atoms with Gasteiger partial charge in [-0.2, -0.15) is 0 Å². The quantitative estimate of drug-likeness (QED) is 0.898. The number of amides is 1. The molecule has 3 rings (SSSR count). The average Bonchev–Trinajstić information content (AvgIpc) is 3.17. The van der Waals surface area contributed by atoms with Crippen molar-refractivity contribution in [3.8, 4) is 0 Å². The van der Waals surface area contributed by atoms with E-state index in [1.165, 1.54) is 6.07 Å². The monoisotopic (exact) mass is 306 g/mol. The molecular weight excluding hydrogens is 283 g/mol. The van der Waals surface area contributed by atoms with Gasteiger partial charge in [-0.15, -0.1) is 0 Å². The van der Waals surface area contributed by atoms with Crippen LogP contribution in [0.25, 0.3) is 0 Å². The summed E-state index contributed by atoms with van der Waals surface area (Å²) in [7, 11) is 0. The molecule has 5 heteroatoms. The van der Waals surface area contributed by atoms with E-state index in [-0.39, 0.29) is 18.3 Å². The van der Waals surface area contributed by atoms with Crippen LogP contribution < -0.4 is 10.2 Å². The molecule has 1 amide bonds. The van der Waals surface area contributed by atoms with Crippen LogP contribution in [-0.2, 0) is 0 Å². The minimum Gasteiger partial charge on any atom is -0.388 e. The molecule has 0 unspecified atom stereocenters. The number of rotatable bonds is 4. The van der Waals surface area contributed by atoms with Crippen molar-refractivity contribution in [1.82, 2.24) is 5.32 Å². The summed E-state index contributed by atoms with van der Waals surface area (Å²) in [6.45, 7) is 1.98. The third kappa shape index (κ3) is 3.24. The zero-order chi connectivity index (χ0) is 15.6. The molecule has 1 saturated heterocycles. The normalized spacial score (nSPS) is 20.4. The van der Waals surface area contributed by atoms with Crippen molar-refractivity contribution in [2.24, 2.45) is 0 Å². The first-order valence-electron chi connectivity index (χ1n) is 8.13. The number of hydrogen-bond donors (Lipinski definition) is 2. The van der Waals surface area contributed by atoms with E-state index < -0.39 is 5.60 Å². The standard InChI is InChI=1S/C17H23FN2O2/c18-14-11-13(5-6-15(14)20-9-3-4-10-20)16(21)19-12-17(22)7-1-2-8-17/h5-6,11,22H,1-4,7-10,12H2,(H,19,21). The number of benzene rings is 1. The van der Waals surface area contributed by atoms with Crippen molar-refractivity contribution < 1.29 is 14.3 Å². The smallest absolute Gasteiger partial charge is 0.251 e. The van der Waals surface area contributed by atoms with Gasteiger partial charge < -0.3 is 15.3 Å². The molecule has 120 valence electrons. The van der Waals surface area contributed by atoms with Gasteiger partial charge in [-0.05, 0) is 43.9 Å². The number of hydrogen-bond acceptors (Lipinski definition) is 3. The first-order chi connectivity index (χ1) is 10.6. The lowest BCUT2D eigenvalue weighted by atomic mass is 10.0. The molecule has 1 heterocycles. The molecule has 4 nitrogen and oxygen atoms in total. The molecule has 2 fully saturated rings. The second-order valence-electron chi connectivity index (χ2n) is 6.47. The van der Waals surface area contributed by atoms with Crippen LogP contribution in [0.3, 0.4) is 0 Å². The minimum atomic E-state index is -0.788. The first kappa shape index (κ1) is 15.3. The van der Waals surface area contributed by atoms with E-state index in [0.717, 1.165) is 51.6 Å². The van der Waals surface area contributed by atoms with Crippen LogP contribution in [0.4, 0.5) is 10.1 Å². The molecule has 0 bridgehead atoms. The highest BCUT2D eigenvalue weighted by Crippen LogP contribution is 2.29. The van der Waals surface area contributed by atoms with Crippen molar-refractivity contribution in [2.45, 2.75) is 44.1 Å².